The van der Waals surface area contributed by atoms with Gasteiger partial charge in [-0.05, 0) is 206 Å². The van der Waals surface area contributed by atoms with Crippen LogP contribution in [0, 0.1) is 0 Å². The highest BCUT2D eigenvalue weighted by Gasteiger charge is 2.25. The lowest BCUT2D eigenvalue weighted by Crippen LogP contribution is -1.95. The summed E-state index contributed by atoms with van der Waals surface area (Å²) in [5.74, 6) is 0. The van der Waals surface area contributed by atoms with Gasteiger partial charge >= 0.3 is 0 Å². The maximum absolute atomic E-state index is 6.72. The molecule has 0 fully saturated rings. The van der Waals surface area contributed by atoms with Gasteiger partial charge in [0.25, 0.3) is 0 Å². The highest BCUT2D eigenvalue weighted by atomic mass is 16.3. The monoisotopic (exact) mass is 1450 g/mol. The van der Waals surface area contributed by atoms with Crippen molar-refractivity contribution in [2.45, 2.75) is 0 Å². The van der Waals surface area contributed by atoms with Gasteiger partial charge in [-0.1, -0.05) is 273 Å². The van der Waals surface area contributed by atoms with Crippen LogP contribution >= 0.6 is 0 Å². The lowest BCUT2D eigenvalue weighted by Gasteiger charge is -2.12. The molecule has 24 rings (SSSR count). The molecule has 0 saturated heterocycles. The van der Waals surface area contributed by atoms with Crippen molar-refractivity contribution < 1.29 is 8.83 Å². The second-order valence-corrected chi connectivity index (χ2v) is 29.8. The molecule has 0 N–H and O–H groups in total. The number of rotatable bonds is 10. The largest absolute Gasteiger partial charge is 0.456 e. The van der Waals surface area contributed by atoms with Crippen LogP contribution in [0.1, 0.15) is 0 Å². The van der Waals surface area contributed by atoms with Crippen molar-refractivity contribution >= 4 is 131 Å². The molecule has 0 amide bonds. The van der Waals surface area contributed by atoms with Gasteiger partial charge in [0.2, 0.25) is 0 Å². The average Bonchev–Trinajstić information content (AvgIpc) is 1.56. The van der Waals surface area contributed by atoms with E-state index < -0.39 is 0 Å². The van der Waals surface area contributed by atoms with Crippen molar-refractivity contribution in [1.82, 2.24) is 18.3 Å². The van der Waals surface area contributed by atoms with Crippen LogP contribution in [0.5, 0.6) is 0 Å². The smallest absolute Gasteiger partial charge is 0.160 e. The lowest BCUT2D eigenvalue weighted by atomic mass is 10.00. The van der Waals surface area contributed by atoms with E-state index in [1.54, 1.807) is 0 Å². The third kappa shape index (κ3) is 10.5. The van der Waals surface area contributed by atoms with Crippen LogP contribution < -0.4 is 0 Å². The molecule has 0 bridgehead atoms. The van der Waals surface area contributed by atoms with Gasteiger partial charge in [0.1, 0.15) is 16.7 Å². The number of hydrogen-bond donors (Lipinski definition) is 0. The molecule has 24 aromatic rings. The first kappa shape index (κ1) is 64.7. The summed E-state index contributed by atoms with van der Waals surface area (Å²) < 4.78 is 22.8. The van der Waals surface area contributed by atoms with Crippen molar-refractivity contribution in [3.8, 4) is 89.5 Å². The fraction of sp³-hybridized carbons (Fsp3) is 0. The first-order valence-corrected chi connectivity index (χ1v) is 39.0. The highest BCUT2D eigenvalue weighted by molar-refractivity contribution is 6.26. The van der Waals surface area contributed by atoms with Crippen molar-refractivity contribution in [2.24, 2.45) is 0 Å². The summed E-state index contributed by atoms with van der Waals surface area (Å²) in [6, 6.07) is 149. The van der Waals surface area contributed by atoms with Crippen molar-refractivity contribution in [3.05, 3.63) is 413 Å². The zero-order valence-corrected chi connectivity index (χ0v) is 61.9. The Balaban J connectivity index is 0.000000135. The minimum Gasteiger partial charge on any atom is -0.456 e. The minimum atomic E-state index is 0.892. The fourth-order valence-corrected chi connectivity index (χ4v) is 18.2. The zero-order valence-electron chi connectivity index (χ0n) is 61.9. The quantitative estimate of drug-likeness (QED) is 0.137. The van der Waals surface area contributed by atoms with Crippen LogP contribution in [-0.4, -0.2) is 18.3 Å². The van der Waals surface area contributed by atoms with Crippen LogP contribution in [0.15, 0.2) is 421 Å². The highest BCUT2D eigenvalue weighted by Crippen LogP contribution is 2.47. The average molecular weight is 1450 g/mol. The lowest BCUT2D eigenvalue weighted by molar-refractivity contribution is 0.669. The third-order valence-electron chi connectivity index (χ3n) is 23.4. The summed E-state index contributed by atoms with van der Waals surface area (Å²) in [7, 11) is 0. The summed E-state index contributed by atoms with van der Waals surface area (Å²) >= 11 is 0. The zero-order chi connectivity index (χ0) is 74.9. The maximum atomic E-state index is 6.72. The van der Waals surface area contributed by atoms with E-state index in [-0.39, 0.29) is 0 Å². The van der Waals surface area contributed by atoms with Crippen LogP contribution in [0.3, 0.4) is 0 Å². The fourth-order valence-electron chi connectivity index (χ4n) is 18.2. The van der Waals surface area contributed by atoms with Gasteiger partial charge in [0.05, 0.1) is 49.5 Å². The topological polar surface area (TPSA) is 46.0 Å². The molecule has 0 saturated carbocycles. The van der Waals surface area contributed by atoms with Gasteiger partial charge in [-0.2, -0.15) is 0 Å². The Kier molecular flexibility index (Phi) is 14.9. The molecule has 0 atom stereocenters. The number of hydrogen-bond acceptors (Lipinski definition) is 2. The number of para-hydroxylation sites is 4. The Labute approximate surface area is 656 Å². The summed E-state index contributed by atoms with van der Waals surface area (Å²) in [4.78, 5) is 0. The van der Waals surface area contributed by atoms with E-state index in [4.69, 9.17) is 8.83 Å². The molecule has 0 aliphatic heterocycles. The van der Waals surface area contributed by atoms with E-state index in [0.717, 1.165) is 88.7 Å². The SMILES string of the molecule is c1ccc(-c2cccc(-n3c4ccccc4c4cc(-c5ccc6c(c5)c5ccc7c8ccccc8oc7c5n6-c5cccc(-c6ccccc6)c5)ccc43)c2)cc1.c1ccc(-c2cccc(-n3c4ccccc4c4cc(-c5ccc6c(c5)c5ccc7oc8ccccc8c7c5n6-c5cccc(-c6ccccc6)c5)ccc43)c2)cc1. The van der Waals surface area contributed by atoms with Gasteiger partial charge in [-0.3, -0.25) is 0 Å². The molecule has 6 aromatic heterocycles. The molecule has 6 heterocycles. The molecule has 6 heteroatoms. The molecule has 0 unspecified atom stereocenters. The second-order valence-electron chi connectivity index (χ2n) is 29.8. The van der Waals surface area contributed by atoms with Crippen LogP contribution in [0.4, 0.5) is 0 Å². The molecule has 0 spiro atoms. The number of fused-ring (bicyclic) bond motifs is 20. The Hall–Kier alpha value is -15.2. The molecule has 6 nitrogen and oxygen atoms in total. The van der Waals surface area contributed by atoms with E-state index >= 15 is 0 Å². The summed E-state index contributed by atoms with van der Waals surface area (Å²) in [5.41, 5.74) is 31.7. The molecule has 0 aliphatic rings. The number of furan rings is 2. The number of nitrogens with zero attached hydrogens (tertiary/aromatic N) is 4. The van der Waals surface area contributed by atoms with Crippen LogP contribution in [0.25, 0.3) is 221 Å². The first-order valence-electron chi connectivity index (χ1n) is 39.0. The number of aromatic nitrogens is 4. The van der Waals surface area contributed by atoms with Gasteiger partial charge in [0, 0.05) is 82.0 Å². The molecule has 532 valence electrons. The molecule has 0 radical (unpaired) electrons. The van der Waals surface area contributed by atoms with Gasteiger partial charge < -0.3 is 27.1 Å². The van der Waals surface area contributed by atoms with Gasteiger partial charge in [-0.25, -0.2) is 0 Å². The Morgan fingerprint density at radius 2 is 0.447 bits per heavy atom. The molecular weight excluding hydrogens is 1390 g/mol. The maximum Gasteiger partial charge on any atom is 0.160 e. The van der Waals surface area contributed by atoms with E-state index in [1.165, 1.54) is 132 Å². The molecule has 18 aromatic carbocycles. The summed E-state index contributed by atoms with van der Waals surface area (Å²) in [6.45, 7) is 0. The Morgan fingerprint density at radius 1 is 0.149 bits per heavy atom. The van der Waals surface area contributed by atoms with Crippen molar-refractivity contribution in [1.29, 1.82) is 0 Å². The summed E-state index contributed by atoms with van der Waals surface area (Å²) in [6.07, 6.45) is 0. The van der Waals surface area contributed by atoms with E-state index in [2.05, 4.69) is 419 Å². The predicted octanol–water partition coefficient (Wildman–Crippen LogP) is 29.6. The predicted molar refractivity (Wildman–Crippen MR) is 477 cm³/mol. The summed E-state index contributed by atoms with van der Waals surface area (Å²) in [5, 5.41) is 14.2. The Morgan fingerprint density at radius 3 is 0.886 bits per heavy atom. The normalized spacial score (nSPS) is 11.9. The van der Waals surface area contributed by atoms with Gasteiger partial charge in [0.15, 0.2) is 5.58 Å². The number of benzene rings is 18. The van der Waals surface area contributed by atoms with E-state index in [1.807, 2.05) is 12.1 Å². The van der Waals surface area contributed by atoms with Crippen molar-refractivity contribution in [3.63, 3.8) is 0 Å². The van der Waals surface area contributed by atoms with E-state index in [9.17, 15) is 0 Å². The van der Waals surface area contributed by atoms with Crippen LogP contribution in [0.2, 0.25) is 0 Å². The van der Waals surface area contributed by atoms with Crippen molar-refractivity contribution in [2.75, 3.05) is 0 Å². The van der Waals surface area contributed by atoms with Gasteiger partial charge in [-0.15, -0.1) is 0 Å². The Bertz CT molecular complexity index is 7960. The molecule has 0 aliphatic carbocycles. The van der Waals surface area contributed by atoms with Crippen LogP contribution in [-0.2, 0) is 0 Å². The molecule has 114 heavy (non-hydrogen) atoms. The minimum absolute atomic E-state index is 0.892. The second kappa shape index (κ2) is 26.2. The van der Waals surface area contributed by atoms with E-state index in [0.29, 0.717) is 0 Å². The standard InChI is InChI=1S/2C54H34N2O/c1-3-13-35(14-4-1)37-17-11-19-41(31-37)55-49-23-9-7-21-43(49)47-33-39(25-29-50(47)55)40-26-30-51-48(34-40)45-27-28-46-44-22-8-10-24-52(44)57-54(46)53(45)56(51)42-20-12-18-38(32-42)36-15-5-2-6-16-36;1-3-13-35(14-4-1)37-17-11-19-41(31-37)55-48-23-9-7-21-43(48)46-33-39(25-28-49(46)55)40-26-29-50-47(34-40)44-27-30-52-53(45-22-8-10-24-51(45)57-52)54(44)56(50)42-20-12-18-38(32-42)36-15-5-2-6-16-36/h2*1-34H. The third-order valence-corrected chi connectivity index (χ3v) is 23.4. The molecular formula is C108H68N4O2. The first-order chi connectivity index (χ1) is 56.5.